The van der Waals surface area contributed by atoms with Crippen LogP contribution in [0.25, 0.3) is 27.4 Å². The summed E-state index contributed by atoms with van der Waals surface area (Å²) >= 11 is 0. The van der Waals surface area contributed by atoms with Gasteiger partial charge >= 0.3 is 0 Å². The molecule has 6 nitrogen and oxygen atoms in total. The fraction of sp³-hybridized carbons (Fsp3) is 0.167. The molecule has 4 aromatic carbocycles. The van der Waals surface area contributed by atoms with Crippen molar-refractivity contribution in [1.29, 1.82) is 0 Å². The number of methoxy groups -OCH3 is 1. The third-order valence-electron chi connectivity index (χ3n) is 6.57. The van der Waals surface area contributed by atoms with Gasteiger partial charge < -0.3 is 9.64 Å². The Kier molecular flexibility index (Phi) is 6.25. The first-order valence-electron chi connectivity index (χ1n) is 12.0. The predicted molar refractivity (Wildman–Crippen MR) is 143 cm³/mol. The standard InChI is InChI=1S/C30H27N3O3/c1-4-32(29(34)23-18-17-21-11-5-6-12-22(21)19-23)20(2)28-31-25-14-8-7-13-24(25)30(35)33(28)26-15-9-10-16-27(26)36-3/h5-20H,4H2,1-3H3. The van der Waals surface area contributed by atoms with Crippen LogP contribution in [0.3, 0.4) is 0 Å². The van der Waals surface area contributed by atoms with Crippen molar-refractivity contribution < 1.29 is 9.53 Å². The number of rotatable bonds is 6. The van der Waals surface area contributed by atoms with Crippen molar-refractivity contribution in [3.05, 3.63) is 113 Å². The predicted octanol–water partition coefficient (Wildman–Crippen LogP) is 5.77. The van der Waals surface area contributed by atoms with Crippen LogP contribution in [-0.4, -0.2) is 34.0 Å². The number of carbonyl (C=O) groups excluding carboxylic acids is 1. The zero-order valence-electron chi connectivity index (χ0n) is 20.5. The second kappa shape index (κ2) is 9.66. The van der Waals surface area contributed by atoms with E-state index in [0.717, 1.165) is 10.8 Å². The van der Waals surface area contributed by atoms with Crippen molar-refractivity contribution in [2.75, 3.05) is 13.7 Å². The van der Waals surface area contributed by atoms with Gasteiger partial charge in [-0.05, 0) is 61.0 Å². The van der Waals surface area contributed by atoms with Crippen molar-refractivity contribution in [1.82, 2.24) is 14.5 Å². The van der Waals surface area contributed by atoms with Crippen LogP contribution >= 0.6 is 0 Å². The van der Waals surface area contributed by atoms with Gasteiger partial charge in [-0.15, -0.1) is 0 Å². The monoisotopic (exact) mass is 477 g/mol. The van der Waals surface area contributed by atoms with Gasteiger partial charge in [0.1, 0.15) is 11.6 Å². The molecule has 0 N–H and O–H groups in total. The van der Waals surface area contributed by atoms with Crippen molar-refractivity contribution in [3.63, 3.8) is 0 Å². The van der Waals surface area contributed by atoms with E-state index >= 15 is 0 Å². The molecule has 0 saturated heterocycles. The van der Waals surface area contributed by atoms with Gasteiger partial charge in [-0.1, -0.05) is 54.6 Å². The number of benzene rings is 4. The summed E-state index contributed by atoms with van der Waals surface area (Å²) in [4.78, 5) is 34.2. The van der Waals surface area contributed by atoms with E-state index in [2.05, 4.69) is 0 Å². The number of hydrogen-bond donors (Lipinski definition) is 0. The molecule has 6 heteroatoms. The first-order valence-corrected chi connectivity index (χ1v) is 12.0. The summed E-state index contributed by atoms with van der Waals surface area (Å²) in [5.74, 6) is 0.901. The molecule has 0 spiro atoms. The third-order valence-corrected chi connectivity index (χ3v) is 6.57. The van der Waals surface area contributed by atoms with E-state index in [-0.39, 0.29) is 11.5 Å². The molecule has 0 aliphatic carbocycles. The average molecular weight is 478 g/mol. The van der Waals surface area contributed by atoms with E-state index in [4.69, 9.17) is 9.72 Å². The van der Waals surface area contributed by atoms with Gasteiger partial charge in [-0.3, -0.25) is 14.2 Å². The number of amides is 1. The minimum atomic E-state index is -0.490. The number of fused-ring (bicyclic) bond motifs is 2. The molecular weight excluding hydrogens is 450 g/mol. The Balaban J connectivity index is 1.67. The van der Waals surface area contributed by atoms with Gasteiger partial charge in [0.15, 0.2) is 0 Å². The molecule has 1 unspecified atom stereocenters. The Labute approximate surface area is 209 Å². The Morgan fingerprint density at radius 1 is 0.944 bits per heavy atom. The summed E-state index contributed by atoms with van der Waals surface area (Å²) in [6.45, 7) is 4.29. The summed E-state index contributed by atoms with van der Waals surface area (Å²) in [6.07, 6.45) is 0. The lowest BCUT2D eigenvalue weighted by Crippen LogP contribution is -2.37. The summed E-state index contributed by atoms with van der Waals surface area (Å²) in [5.41, 5.74) is 1.56. The number of nitrogens with zero attached hydrogens (tertiary/aromatic N) is 3. The van der Waals surface area contributed by atoms with Gasteiger partial charge in [0.25, 0.3) is 11.5 Å². The Hall–Kier alpha value is -4.45. The Bertz CT molecular complexity index is 1640. The van der Waals surface area contributed by atoms with Gasteiger partial charge in [0.05, 0.1) is 29.7 Å². The second-order valence-corrected chi connectivity index (χ2v) is 8.63. The van der Waals surface area contributed by atoms with E-state index in [0.29, 0.717) is 40.3 Å². The highest BCUT2D eigenvalue weighted by atomic mass is 16.5. The highest BCUT2D eigenvalue weighted by Gasteiger charge is 2.27. The van der Waals surface area contributed by atoms with Gasteiger partial charge in [0.2, 0.25) is 0 Å². The van der Waals surface area contributed by atoms with Crippen LogP contribution in [0.5, 0.6) is 5.75 Å². The molecule has 0 radical (unpaired) electrons. The zero-order valence-corrected chi connectivity index (χ0v) is 20.5. The molecule has 36 heavy (non-hydrogen) atoms. The van der Waals surface area contributed by atoms with E-state index in [1.54, 1.807) is 22.6 Å². The molecule has 1 amide bonds. The topological polar surface area (TPSA) is 64.4 Å². The van der Waals surface area contributed by atoms with E-state index in [1.165, 1.54) is 0 Å². The molecule has 5 aromatic rings. The van der Waals surface area contributed by atoms with Crippen LogP contribution in [0.4, 0.5) is 0 Å². The lowest BCUT2D eigenvalue weighted by atomic mass is 10.1. The zero-order chi connectivity index (χ0) is 25.2. The van der Waals surface area contributed by atoms with Crippen molar-refractivity contribution >= 4 is 27.6 Å². The number of para-hydroxylation sites is 3. The minimum Gasteiger partial charge on any atom is -0.495 e. The molecule has 180 valence electrons. The molecule has 0 aliphatic rings. The highest BCUT2D eigenvalue weighted by Crippen LogP contribution is 2.28. The number of aromatic nitrogens is 2. The van der Waals surface area contributed by atoms with Crippen molar-refractivity contribution in [2.24, 2.45) is 0 Å². The molecule has 0 saturated carbocycles. The van der Waals surface area contributed by atoms with Crippen LogP contribution in [-0.2, 0) is 0 Å². The van der Waals surface area contributed by atoms with Crippen LogP contribution in [0, 0.1) is 0 Å². The Morgan fingerprint density at radius 2 is 1.64 bits per heavy atom. The summed E-state index contributed by atoms with van der Waals surface area (Å²) in [6, 6.07) is 27.8. The van der Waals surface area contributed by atoms with Crippen LogP contribution in [0.15, 0.2) is 95.8 Å². The lowest BCUT2D eigenvalue weighted by molar-refractivity contribution is 0.0693. The second-order valence-electron chi connectivity index (χ2n) is 8.63. The summed E-state index contributed by atoms with van der Waals surface area (Å²) in [7, 11) is 1.57. The maximum Gasteiger partial charge on any atom is 0.266 e. The molecule has 5 rings (SSSR count). The van der Waals surface area contributed by atoms with E-state index in [1.807, 2.05) is 98.8 Å². The number of ether oxygens (including phenoxy) is 1. The SMILES string of the molecule is CCN(C(=O)c1ccc2ccccc2c1)C(C)c1nc2ccccc2c(=O)n1-c1ccccc1OC. The van der Waals surface area contributed by atoms with Gasteiger partial charge in [0, 0.05) is 12.1 Å². The normalized spacial score (nSPS) is 12.0. The van der Waals surface area contributed by atoms with Crippen molar-refractivity contribution in [2.45, 2.75) is 19.9 Å². The molecule has 0 fully saturated rings. The van der Waals surface area contributed by atoms with Crippen LogP contribution in [0.2, 0.25) is 0 Å². The molecule has 0 bridgehead atoms. The molecule has 0 aliphatic heterocycles. The van der Waals surface area contributed by atoms with Gasteiger partial charge in [-0.2, -0.15) is 0 Å². The van der Waals surface area contributed by atoms with Crippen LogP contribution < -0.4 is 10.3 Å². The third kappa shape index (κ3) is 4.01. The molecule has 1 aromatic heterocycles. The van der Waals surface area contributed by atoms with Crippen molar-refractivity contribution in [3.8, 4) is 11.4 Å². The first kappa shape index (κ1) is 23.3. The van der Waals surface area contributed by atoms with E-state index in [9.17, 15) is 9.59 Å². The largest absolute Gasteiger partial charge is 0.495 e. The number of carbonyl (C=O) groups is 1. The van der Waals surface area contributed by atoms with Crippen LogP contribution in [0.1, 0.15) is 36.1 Å². The maximum atomic E-state index is 13.8. The fourth-order valence-corrected chi connectivity index (χ4v) is 4.70. The van der Waals surface area contributed by atoms with E-state index < -0.39 is 6.04 Å². The van der Waals surface area contributed by atoms with Gasteiger partial charge in [-0.25, -0.2) is 4.98 Å². The maximum absolute atomic E-state index is 13.8. The molecule has 1 heterocycles. The smallest absolute Gasteiger partial charge is 0.266 e. The average Bonchev–Trinajstić information content (AvgIpc) is 2.93. The fourth-order valence-electron chi connectivity index (χ4n) is 4.70. The summed E-state index contributed by atoms with van der Waals surface area (Å²) in [5, 5.41) is 2.58. The highest BCUT2D eigenvalue weighted by molar-refractivity contribution is 5.98. The molecular formula is C30H27N3O3. The first-order chi connectivity index (χ1) is 17.5. The summed E-state index contributed by atoms with van der Waals surface area (Å²) < 4.78 is 7.15. The minimum absolute atomic E-state index is 0.121. The Morgan fingerprint density at radius 3 is 2.42 bits per heavy atom. The lowest BCUT2D eigenvalue weighted by Gasteiger charge is -2.30. The number of hydrogen-bond acceptors (Lipinski definition) is 4. The molecule has 1 atom stereocenters. The quantitative estimate of drug-likeness (QED) is 0.311.